The summed E-state index contributed by atoms with van der Waals surface area (Å²) in [6.45, 7) is 3.55. The minimum absolute atomic E-state index is 0.145. The zero-order valence-electron chi connectivity index (χ0n) is 18.2. The highest BCUT2D eigenvalue weighted by atomic mass is 32.2. The molecule has 0 spiro atoms. The van der Waals surface area contributed by atoms with Gasteiger partial charge in [-0.3, -0.25) is 4.79 Å². The molecule has 0 fully saturated rings. The molecule has 1 aliphatic rings. The molecular weight excluding hydrogens is 444 g/mol. The molecule has 0 saturated carbocycles. The minimum atomic E-state index is -3.68. The van der Waals surface area contributed by atoms with Crippen LogP contribution in [0.5, 0.6) is 5.75 Å². The molecule has 0 saturated heterocycles. The lowest BCUT2D eigenvalue weighted by Gasteiger charge is -2.26. The van der Waals surface area contributed by atoms with Crippen molar-refractivity contribution < 1.29 is 17.9 Å². The van der Waals surface area contributed by atoms with Crippen LogP contribution in [0.3, 0.4) is 0 Å². The average molecular weight is 471 g/mol. The van der Waals surface area contributed by atoms with Gasteiger partial charge in [-0.05, 0) is 66.2 Å². The van der Waals surface area contributed by atoms with E-state index in [1.807, 2.05) is 42.6 Å². The molecule has 4 rings (SSSR count). The Morgan fingerprint density at radius 2 is 1.97 bits per heavy atom. The average Bonchev–Trinajstić information content (AvgIpc) is 3.26. The zero-order valence-corrected chi connectivity index (χ0v) is 19.8. The van der Waals surface area contributed by atoms with Gasteiger partial charge >= 0.3 is 0 Å². The largest absolute Gasteiger partial charge is 0.492 e. The van der Waals surface area contributed by atoms with Gasteiger partial charge in [-0.1, -0.05) is 18.2 Å². The van der Waals surface area contributed by atoms with Crippen molar-refractivity contribution in [2.45, 2.75) is 24.8 Å². The van der Waals surface area contributed by atoms with Crippen molar-refractivity contribution in [3.63, 3.8) is 0 Å². The first-order valence-corrected chi connectivity index (χ1v) is 12.8. The molecule has 3 aromatic rings. The molecule has 32 heavy (non-hydrogen) atoms. The highest BCUT2D eigenvalue weighted by Gasteiger charge is 2.29. The van der Waals surface area contributed by atoms with Gasteiger partial charge in [0.25, 0.3) is 5.91 Å². The van der Waals surface area contributed by atoms with E-state index < -0.39 is 10.0 Å². The van der Waals surface area contributed by atoms with Crippen LogP contribution >= 0.6 is 11.3 Å². The molecule has 0 radical (unpaired) electrons. The maximum Gasteiger partial charge on any atom is 0.253 e. The number of amides is 1. The third-order valence-electron chi connectivity index (χ3n) is 5.52. The number of nitrogens with zero attached hydrogens (tertiary/aromatic N) is 2. The molecule has 0 N–H and O–H groups in total. The number of hydrogen-bond donors (Lipinski definition) is 0. The second kappa shape index (κ2) is 9.44. The predicted octanol–water partition coefficient (Wildman–Crippen LogP) is 3.95. The van der Waals surface area contributed by atoms with E-state index >= 15 is 0 Å². The fourth-order valence-corrected chi connectivity index (χ4v) is 6.05. The van der Waals surface area contributed by atoms with Gasteiger partial charge < -0.3 is 9.64 Å². The number of rotatable bonds is 7. The minimum Gasteiger partial charge on any atom is -0.492 e. The number of aryl methyl sites for hydroxylation is 1. The van der Waals surface area contributed by atoms with Crippen LogP contribution in [0.1, 0.15) is 26.4 Å². The fraction of sp³-hybridized carbons (Fsp3) is 0.292. The first-order chi connectivity index (χ1) is 15.3. The summed E-state index contributed by atoms with van der Waals surface area (Å²) in [5.41, 5.74) is 2.51. The second-order valence-corrected chi connectivity index (χ2v) is 10.8. The van der Waals surface area contributed by atoms with Gasteiger partial charge in [-0.2, -0.15) is 4.31 Å². The van der Waals surface area contributed by atoms with Gasteiger partial charge in [0.05, 0.1) is 11.4 Å². The lowest BCUT2D eigenvalue weighted by atomic mass is 10.1. The van der Waals surface area contributed by atoms with Crippen molar-refractivity contribution in [1.82, 2.24) is 9.21 Å². The van der Waals surface area contributed by atoms with E-state index in [0.717, 1.165) is 16.9 Å². The lowest BCUT2D eigenvalue weighted by Crippen LogP contribution is -2.35. The van der Waals surface area contributed by atoms with Crippen LogP contribution < -0.4 is 4.74 Å². The Morgan fingerprint density at radius 3 is 2.78 bits per heavy atom. The summed E-state index contributed by atoms with van der Waals surface area (Å²) in [6.07, 6.45) is 0.717. The molecule has 2 heterocycles. The molecule has 168 valence electrons. The number of carbonyl (C=O) groups excluding carboxylic acids is 1. The molecule has 2 aromatic carbocycles. The summed E-state index contributed by atoms with van der Waals surface area (Å²) in [7, 11) is -1.99. The third kappa shape index (κ3) is 4.87. The summed E-state index contributed by atoms with van der Waals surface area (Å²) < 4.78 is 33.6. The number of carbonyl (C=O) groups is 1. The number of likely N-dealkylation sites (N-methyl/N-ethyl adjacent to an activating group) is 1. The summed E-state index contributed by atoms with van der Waals surface area (Å²) in [4.78, 5) is 15.8. The Morgan fingerprint density at radius 1 is 1.16 bits per heavy atom. The zero-order chi connectivity index (χ0) is 22.7. The van der Waals surface area contributed by atoms with Crippen molar-refractivity contribution in [3.05, 3.63) is 81.5 Å². The van der Waals surface area contributed by atoms with Crippen LogP contribution in [0, 0.1) is 6.92 Å². The molecule has 6 nitrogen and oxygen atoms in total. The standard InChI is InChI=1S/C24H26N2O4S2/c1-18-5-3-7-21(15-18)30-13-12-25(2)24(27)19-6-4-8-22(16-19)32(28,29)26-11-9-23-20(17-26)10-14-31-23/h3-8,10,14-16H,9,11-13,17H2,1-2H3. The van der Waals surface area contributed by atoms with Crippen molar-refractivity contribution in [1.29, 1.82) is 0 Å². The number of fused-ring (bicyclic) bond motifs is 1. The molecule has 8 heteroatoms. The van der Waals surface area contributed by atoms with E-state index in [1.54, 1.807) is 41.5 Å². The molecule has 1 aromatic heterocycles. The Labute approximate surface area is 193 Å². The van der Waals surface area contributed by atoms with Gasteiger partial charge in [0.15, 0.2) is 0 Å². The first-order valence-electron chi connectivity index (χ1n) is 10.4. The van der Waals surface area contributed by atoms with Crippen molar-refractivity contribution in [2.24, 2.45) is 0 Å². The maximum atomic E-state index is 13.2. The van der Waals surface area contributed by atoms with Gasteiger partial charge in [-0.15, -0.1) is 11.3 Å². The van der Waals surface area contributed by atoms with E-state index in [1.165, 1.54) is 15.2 Å². The van der Waals surface area contributed by atoms with Crippen LogP contribution in [-0.2, 0) is 23.0 Å². The van der Waals surface area contributed by atoms with E-state index in [2.05, 4.69) is 0 Å². The number of sulfonamides is 1. The number of thiophene rings is 1. The smallest absolute Gasteiger partial charge is 0.253 e. The molecule has 0 aliphatic carbocycles. The Hall–Kier alpha value is -2.68. The molecule has 0 bridgehead atoms. The summed E-state index contributed by atoms with van der Waals surface area (Å²) in [5, 5.41) is 2.00. The van der Waals surface area contributed by atoms with Crippen molar-refractivity contribution in [2.75, 3.05) is 26.7 Å². The van der Waals surface area contributed by atoms with Gasteiger partial charge in [0.1, 0.15) is 12.4 Å². The third-order valence-corrected chi connectivity index (χ3v) is 8.39. The molecule has 0 atom stereocenters. The van der Waals surface area contributed by atoms with Gasteiger partial charge in [0.2, 0.25) is 10.0 Å². The van der Waals surface area contributed by atoms with E-state index in [4.69, 9.17) is 4.74 Å². The Bertz CT molecular complexity index is 1220. The fourth-order valence-electron chi connectivity index (χ4n) is 3.69. The Balaban J connectivity index is 1.42. The van der Waals surface area contributed by atoms with Crippen LogP contribution in [0.15, 0.2) is 64.9 Å². The summed E-state index contributed by atoms with van der Waals surface area (Å²) in [5.74, 6) is 0.517. The van der Waals surface area contributed by atoms with E-state index in [-0.39, 0.29) is 10.8 Å². The SMILES string of the molecule is Cc1cccc(OCCN(C)C(=O)c2cccc(S(=O)(=O)N3CCc4sccc4C3)c2)c1. The van der Waals surface area contributed by atoms with Crippen LogP contribution in [0.4, 0.5) is 0 Å². The summed E-state index contributed by atoms with van der Waals surface area (Å²) >= 11 is 1.67. The Kier molecular flexibility index (Phi) is 6.64. The highest BCUT2D eigenvalue weighted by molar-refractivity contribution is 7.89. The van der Waals surface area contributed by atoms with Crippen molar-refractivity contribution in [3.8, 4) is 5.75 Å². The number of benzene rings is 2. The van der Waals surface area contributed by atoms with Crippen molar-refractivity contribution >= 4 is 27.3 Å². The van der Waals surface area contributed by atoms with Gasteiger partial charge in [-0.25, -0.2) is 8.42 Å². The molecule has 1 aliphatic heterocycles. The quantitative estimate of drug-likeness (QED) is 0.524. The van der Waals surface area contributed by atoms with Crippen LogP contribution in [0.2, 0.25) is 0 Å². The van der Waals surface area contributed by atoms with Crippen LogP contribution in [-0.4, -0.2) is 50.3 Å². The van der Waals surface area contributed by atoms with Gasteiger partial charge in [0, 0.05) is 30.6 Å². The lowest BCUT2D eigenvalue weighted by molar-refractivity contribution is 0.0773. The predicted molar refractivity (Wildman–Crippen MR) is 126 cm³/mol. The topological polar surface area (TPSA) is 66.9 Å². The highest BCUT2D eigenvalue weighted by Crippen LogP contribution is 2.28. The monoisotopic (exact) mass is 470 g/mol. The normalized spacial score (nSPS) is 14.1. The van der Waals surface area contributed by atoms with E-state index in [0.29, 0.717) is 38.2 Å². The van der Waals surface area contributed by atoms with E-state index in [9.17, 15) is 13.2 Å². The summed E-state index contributed by atoms with van der Waals surface area (Å²) in [6, 6.07) is 16.0. The second-order valence-electron chi connectivity index (χ2n) is 7.88. The molecule has 0 unspecified atom stereocenters. The number of ether oxygens (including phenoxy) is 1. The maximum absolute atomic E-state index is 13.2. The number of hydrogen-bond acceptors (Lipinski definition) is 5. The first kappa shape index (κ1) is 22.5. The van der Waals surface area contributed by atoms with Crippen LogP contribution in [0.25, 0.3) is 0 Å². The molecule has 1 amide bonds. The molecular formula is C24H26N2O4S2.